The van der Waals surface area contributed by atoms with Crippen molar-refractivity contribution in [2.24, 2.45) is 0 Å². The van der Waals surface area contributed by atoms with Gasteiger partial charge in [0, 0.05) is 18.0 Å². The molecule has 2 aromatic carbocycles. The van der Waals surface area contributed by atoms with Gasteiger partial charge in [0.25, 0.3) is 0 Å². The molecule has 0 aliphatic heterocycles. The molecule has 2 aromatic heterocycles. The quantitative estimate of drug-likeness (QED) is 0.552. The van der Waals surface area contributed by atoms with Crippen molar-refractivity contribution in [1.29, 1.82) is 0 Å². The Morgan fingerprint density at radius 1 is 0.920 bits per heavy atom. The van der Waals surface area contributed by atoms with E-state index in [1.165, 1.54) is 11.1 Å². The summed E-state index contributed by atoms with van der Waals surface area (Å²) in [5.74, 6) is 2.28. The highest BCUT2D eigenvalue weighted by Crippen LogP contribution is 2.31. The average Bonchev–Trinajstić information content (AvgIpc) is 2.98. The largest absolute Gasteiger partial charge is 0.455 e. The Hall–Kier alpha value is -3.14. The molecule has 0 saturated carbocycles. The first-order chi connectivity index (χ1) is 12.1. The van der Waals surface area contributed by atoms with Crippen molar-refractivity contribution >= 4 is 11.0 Å². The average molecular weight is 329 g/mol. The van der Waals surface area contributed by atoms with Gasteiger partial charge < -0.3 is 9.72 Å². The monoisotopic (exact) mass is 329 g/mol. The minimum Gasteiger partial charge on any atom is -0.455 e. The number of aromatic nitrogens is 3. The van der Waals surface area contributed by atoms with Crippen molar-refractivity contribution in [2.45, 2.75) is 20.8 Å². The van der Waals surface area contributed by atoms with Gasteiger partial charge >= 0.3 is 0 Å². The Bertz CT molecular complexity index is 1050. The number of ether oxygens (including phenoxy) is 1. The van der Waals surface area contributed by atoms with Crippen LogP contribution in [0.15, 0.2) is 54.9 Å². The number of aryl methyl sites for hydroxylation is 3. The fourth-order valence-electron chi connectivity index (χ4n) is 3.00. The topological polar surface area (TPSA) is 50.8 Å². The zero-order valence-electron chi connectivity index (χ0n) is 14.5. The maximum atomic E-state index is 6.03. The first kappa shape index (κ1) is 15.4. The van der Waals surface area contributed by atoms with E-state index in [9.17, 15) is 0 Å². The second-order valence-corrected chi connectivity index (χ2v) is 6.35. The lowest BCUT2D eigenvalue weighted by molar-refractivity contribution is 0.484. The summed E-state index contributed by atoms with van der Waals surface area (Å²) < 4.78 is 6.03. The molecule has 4 heteroatoms. The molecule has 4 rings (SSSR count). The Kier molecular flexibility index (Phi) is 3.73. The number of hydrogen-bond donors (Lipinski definition) is 1. The van der Waals surface area contributed by atoms with Crippen LogP contribution in [0.2, 0.25) is 0 Å². The van der Waals surface area contributed by atoms with Crippen LogP contribution >= 0.6 is 0 Å². The van der Waals surface area contributed by atoms with Gasteiger partial charge in [-0.15, -0.1) is 0 Å². The summed E-state index contributed by atoms with van der Waals surface area (Å²) in [5, 5.41) is 0.872. The molecule has 0 radical (unpaired) electrons. The Morgan fingerprint density at radius 2 is 1.68 bits per heavy atom. The fourth-order valence-corrected chi connectivity index (χ4v) is 3.00. The SMILES string of the molecule is Cc1cc(C)cc(-c2ncc3c(Oc4ccccc4C)c[nH]c3n2)c1. The third-order valence-electron chi connectivity index (χ3n) is 4.19. The van der Waals surface area contributed by atoms with Gasteiger partial charge in [0.2, 0.25) is 0 Å². The van der Waals surface area contributed by atoms with Crippen molar-refractivity contribution in [1.82, 2.24) is 15.0 Å². The van der Waals surface area contributed by atoms with Gasteiger partial charge in [-0.2, -0.15) is 0 Å². The van der Waals surface area contributed by atoms with E-state index in [0.717, 1.165) is 33.7 Å². The minimum atomic E-state index is 0.712. The molecule has 4 nitrogen and oxygen atoms in total. The Labute approximate surface area is 146 Å². The minimum absolute atomic E-state index is 0.712. The zero-order chi connectivity index (χ0) is 17.4. The predicted molar refractivity (Wildman–Crippen MR) is 100 cm³/mol. The van der Waals surface area contributed by atoms with Crippen LogP contribution in [0.1, 0.15) is 16.7 Å². The lowest BCUT2D eigenvalue weighted by Crippen LogP contribution is -1.91. The fraction of sp³-hybridized carbons (Fsp3) is 0.143. The van der Waals surface area contributed by atoms with Crippen molar-refractivity contribution in [2.75, 3.05) is 0 Å². The summed E-state index contributed by atoms with van der Waals surface area (Å²) in [6.07, 6.45) is 3.65. The number of fused-ring (bicyclic) bond motifs is 1. The zero-order valence-corrected chi connectivity index (χ0v) is 14.5. The summed E-state index contributed by atoms with van der Waals surface area (Å²) in [7, 11) is 0. The van der Waals surface area contributed by atoms with Crippen LogP contribution in [0, 0.1) is 20.8 Å². The lowest BCUT2D eigenvalue weighted by atomic mass is 10.1. The number of nitrogens with zero attached hydrogens (tertiary/aromatic N) is 2. The number of aromatic amines is 1. The van der Waals surface area contributed by atoms with E-state index in [2.05, 4.69) is 47.0 Å². The van der Waals surface area contributed by atoms with Gasteiger partial charge in [0.15, 0.2) is 11.6 Å². The van der Waals surface area contributed by atoms with Gasteiger partial charge in [-0.05, 0) is 44.5 Å². The predicted octanol–water partition coefficient (Wildman–Crippen LogP) is 5.34. The van der Waals surface area contributed by atoms with Crippen molar-refractivity contribution in [3.63, 3.8) is 0 Å². The number of para-hydroxylation sites is 1. The number of hydrogen-bond acceptors (Lipinski definition) is 3. The molecule has 0 saturated heterocycles. The summed E-state index contributed by atoms with van der Waals surface area (Å²) in [4.78, 5) is 12.4. The van der Waals surface area contributed by atoms with Gasteiger partial charge in [-0.25, -0.2) is 9.97 Å². The molecule has 25 heavy (non-hydrogen) atoms. The molecule has 0 amide bonds. The van der Waals surface area contributed by atoms with Gasteiger partial charge in [0.05, 0.1) is 5.39 Å². The summed E-state index contributed by atoms with van der Waals surface area (Å²) >= 11 is 0. The maximum Gasteiger partial charge on any atom is 0.161 e. The molecule has 124 valence electrons. The van der Waals surface area contributed by atoms with Crippen LogP contribution in [0.5, 0.6) is 11.5 Å². The van der Waals surface area contributed by atoms with Crippen LogP contribution in [-0.2, 0) is 0 Å². The third kappa shape index (κ3) is 2.98. The molecular formula is C21H19N3O. The number of benzene rings is 2. The molecule has 4 aromatic rings. The second kappa shape index (κ2) is 6.06. The van der Waals surface area contributed by atoms with Crippen molar-refractivity contribution in [3.05, 3.63) is 71.5 Å². The highest BCUT2D eigenvalue weighted by molar-refractivity contribution is 5.84. The van der Waals surface area contributed by atoms with Crippen LogP contribution in [0.3, 0.4) is 0 Å². The van der Waals surface area contributed by atoms with Crippen LogP contribution < -0.4 is 4.74 Å². The number of rotatable bonds is 3. The lowest BCUT2D eigenvalue weighted by Gasteiger charge is -2.07. The van der Waals surface area contributed by atoms with E-state index < -0.39 is 0 Å². The maximum absolute atomic E-state index is 6.03. The normalized spacial score (nSPS) is 11.0. The Morgan fingerprint density at radius 3 is 2.44 bits per heavy atom. The standard InChI is InChI=1S/C21H19N3O/c1-13-8-14(2)10-16(9-13)20-22-11-17-19(12-23-21(17)24-20)25-18-7-5-4-6-15(18)3/h4-12H,1-3H3,(H,22,23,24). The highest BCUT2D eigenvalue weighted by Gasteiger charge is 2.11. The second-order valence-electron chi connectivity index (χ2n) is 6.35. The van der Waals surface area contributed by atoms with E-state index >= 15 is 0 Å². The van der Waals surface area contributed by atoms with E-state index in [-0.39, 0.29) is 0 Å². The molecule has 0 bridgehead atoms. The van der Waals surface area contributed by atoms with Gasteiger partial charge in [0.1, 0.15) is 11.4 Å². The number of H-pyrrole nitrogens is 1. The summed E-state index contributed by atoms with van der Waals surface area (Å²) in [5.41, 5.74) is 5.29. The van der Waals surface area contributed by atoms with Crippen LogP contribution in [0.25, 0.3) is 22.4 Å². The Balaban J connectivity index is 1.73. The molecule has 0 spiro atoms. The first-order valence-electron chi connectivity index (χ1n) is 8.26. The molecule has 0 atom stereocenters. The first-order valence-corrected chi connectivity index (χ1v) is 8.26. The smallest absolute Gasteiger partial charge is 0.161 e. The third-order valence-corrected chi connectivity index (χ3v) is 4.19. The molecule has 0 fully saturated rings. The van der Waals surface area contributed by atoms with Crippen molar-refractivity contribution < 1.29 is 4.74 Å². The molecular weight excluding hydrogens is 310 g/mol. The number of nitrogens with one attached hydrogen (secondary N) is 1. The summed E-state index contributed by atoms with van der Waals surface area (Å²) in [6.45, 7) is 6.19. The van der Waals surface area contributed by atoms with Crippen LogP contribution in [-0.4, -0.2) is 15.0 Å². The molecule has 2 heterocycles. The van der Waals surface area contributed by atoms with Gasteiger partial charge in [-0.3, -0.25) is 0 Å². The van der Waals surface area contributed by atoms with Crippen LogP contribution in [0.4, 0.5) is 0 Å². The van der Waals surface area contributed by atoms with E-state index in [1.54, 1.807) is 0 Å². The van der Waals surface area contributed by atoms with Gasteiger partial charge in [-0.1, -0.05) is 35.4 Å². The van der Waals surface area contributed by atoms with E-state index in [1.807, 2.05) is 43.6 Å². The van der Waals surface area contributed by atoms with E-state index in [4.69, 9.17) is 4.74 Å². The molecule has 0 aliphatic carbocycles. The molecule has 1 N–H and O–H groups in total. The summed E-state index contributed by atoms with van der Waals surface area (Å²) in [6, 6.07) is 14.3. The van der Waals surface area contributed by atoms with Crippen molar-refractivity contribution in [3.8, 4) is 22.9 Å². The van der Waals surface area contributed by atoms with E-state index in [0.29, 0.717) is 5.82 Å². The highest BCUT2D eigenvalue weighted by atomic mass is 16.5. The molecule has 0 unspecified atom stereocenters. The molecule has 0 aliphatic rings.